The van der Waals surface area contributed by atoms with Crippen LogP contribution >= 0.6 is 0 Å². The van der Waals surface area contributed by atoms with Crippen molar-refractivity contribution in [3.05, 3.63) is 100 Å². The molecule has 0 spiro atoms. The number of nitriles is 1. The van der Waals surface area contributed by atoms with E-state index in [0.29, 0.717) is 22.4 Å². The Morgan fingerprint density at radius 3 is 2.52 bits per heavy atom. The first-order valence-electron chi connectivity index (χ1n) is 10.6. The summed E-state index contributed by atoms with van der Waals surface area (Å²) in [6, 6.07) is 24.3. The lowest BCUT2D eigenvalue weighted by atomic mass is 9.72. The summed E-state index contributed by atoms with van der Waals surface area (Å²) in [4.78, 5) is 0. The van der Waals surface area contributed by atoms with Crippen molar-refractivity contribution in [2.24, 2.45) is 5.92 Å². The predicted octanol–water partition coefficient (Wildman–Crippen LogP) is 6.64. The number of aromatic amines is 1. The maximum absolute atomic E-state index is 14.3. The first-order valence-corrected chi connectivity index (χ1v) is 10.6. The van der Waals surface area contributed by atoms with Crippen LogP contribution in [0.4, 0.5) is 4.39 Å². The van der Waals surface area contributed by atoms with Gasteiger partial charge in [0, 0.05) is 0 Å². The zero-order valence-electron chi connectivity index (χ0n) is 17.3. The molecule has 1 aliphatic rings. The van der Waals surface area contributed by atoms with Gasteiger partial charge < -0.3 is 0 Å². The fraction of sp³-hybridized carbons (Fsp3) is 0.185. The molecule has 152 valence electrons. The summed E-state index contributed by atoms with van der Waals surface area (Å²) in [5.41, 5.74) is 8.02. The highest BCUT2D eigenvalue weighted by Gasteiger charge is 2.28. The third-order valence-corrected chi connectivity index (χ3v) is 6.29. The monoisotopic (exact) mass is 407 g/mol. The van der Waals surface area contributed by atoms with Crippen LogP contribution in [0, 0.1) is 30.1 Å². The molecule has 4 heteroatoms. The van der Waals surface area contributed by atoms with E-state index < -0.39 is 5.95 Å². The number of nitrogens with one attached hydrogen (secondary N) is 1. The average molecular weight is 407 g/mol. The van der Waals surface area contributed by atoms with Gasteiger partial charge in [0.2, 0.25) is 5.95 Å². The van der Waals surface area contributed by atoms with E-state index in [2.05, 4.69) is 41.4 Å². The van der Waals surface area contributed by atoms with Crippen molar-refractivity contribution < 1.29 is 4.39 Å². The maximum atomic E-state index is 14.3. The van der Waals surface area contributed by atoms with E-state index in [4.69, 9.17) is 0 Å². The standard InChI is InChI=1S/C27H22FN3/c1-17-14-18(16-29)10-12-22(17)26(20-8-5-9-20)25(19-6-3-2-4-7-19)21-11-13-24-23(15-21)27(28)31-30-24/h2-4,6-7,10-15,20H,5,8-9H2,1H3,(H,30,31)/b26-25+. The Kier molecular flexibility index (Phi) is 4.88. The molecule has 1 saturated carbocycles. The highest BCUT2D eigenvalue weighted by atomic mass is 19.1. The second kappa shape index (κ2) is 7.85. The zero-order chi connectivity index (χ0) is 21.4. The number of rotatable bonds is 4. The minimum atomic E-state index is -0.413. The van der Waals surface area contributed by atoms with Crippen LogP contribution in [-0.2, 0) is 0 Å². The number of hydrogen-bond acceptors (Lipinski definition) is 2. The molecule has 0 radical (unpaired) electrons. The van der Waals surface area contributed by atoms with Crippen LogP contribution in [0.1, 0.15) is 47.1 Å². The van der Waals surface area contributed by atoms with E-state index in [1.54, 1.807) is 0 Å². The lowest BCUT2D eigenvalue weighted by Crippen LogP contribution is -2.16. The molecule has 31 heavy (non-hydrogen) atoms. The Morgan fingerprint density at radius 2 is 1.84 bits per heavy atom. The molecule has 1 heterocycles. The second-order valence-electron chi connectivity index (χ2n) is 8.19. The number of halogens is 1. The summed E-state index contributed by atoms with van der Waals surface area (Å²) in [7, 11) is 0. The molecule has 1 aromatic heterocycles. The number of nitrogens with zero attached hydrogens (tertiary/aromatic N) is 2. The van der Waals surface area contributed by atoms with Gasteiger partial charge in [-0.2, -0.15) is 14.8 Å². The highest BCUT2D eigenvalue weighted by Crippen LogP contribution is 2.46. The van der Waals surface area contributed by atoms with Gasteiger partial charge in [0.1, 0.15) is 0 Å². The lowest BCUT2D eigenvalue weighted by molar-refractivity contribution is 0.401. The van der Waals surface area contributed by atoms with E-state index >= 15 is 0 Å². The number of hydrogen-bond donors (Lipinski definition) is 1. The first-order chi connectivity index (χ1) is 15.2. The average Bonchev–Trinajstić information content (AvgIpc) is 3.13. The summed E-state index contributed by atoms with van der Waals surface area (Å²) >= 11 is 0. The Hall–Kier alpha value is -3.71. The number of allylic oxidation sites excluding steroid dienone is 1. The Bertz CT molecular complexity index is 1340. The van der Waals surface area contributed by atoms with Gasteiger partial charge in [-0.1, -0.05) is 48.9 Å². The van der Waals surface area contributed by atoms with Crippen molar-refractivity contribution in [2.75, 3.05) is 0 Å². The summed E-state index contributed by atoms with van der Waals surface area (Å²) in [6.45, 7) is 2.07. The number of H-pyrrole nitrogens is 1. The number of fused-ring (bicyclic) bond motifs is 1. The molecular weight excluding hydrogens is 385 g/mol. The molecule has 4 aromatic rings. The van der Waals surface area contributed by atoms with E-state index in [-0.39, 0.29) is 0 Å². The largest absolute Gasteiger partial charge is 0.252 e. The SMILES string of the molecule is Cc1cc(C#N)ccc1/C(=C(\c1ccccc1)c1ccc2n[nH]c(F)c2c1)C1CCC1. The molecule has 3 nitrogen and oxygen atoms in total. The molecule has 5 rings (SSSR count). The van der Waals surface area contributed by atoms with Crippen molar-refractivity contribution in [2.45, 2.75) is 26.2 Å². The third kappa shape index (κ3) is 3.43. The predicted molar refractivity (Wildman–Crippen MR) is 122 cm³/mol. The van der Waals surface area contributed by atoms with Gasteiger partial charge in [-0.25, -0.2) is 0 Å². The van der Waals surface area contributed by atoms with Crippen molar-refractivity contribution >= 4 is 22.0 Å². The zero-order valence-corrected chi connectivity index (χ0v) is 17.3. The molecular formula is C27H22FN3. The molecule has 3 aromatic carbocycles. The van der Waals surface area contributed by atoms with Gasteiger partial charge in [-0.05, 0) is 83.3 Å². The molecule has 0 unspecified atom stereocenters. The summed E-state index contributed by atoms with van der Waals surface area (Å²) < 4.78 is 14.3. The normalized spacial score (nSPS) is 14.7. The molecule has 0 atom stereocenters. The van der Waals surface area contributed by atoms with E-state index in [9.17, 15) is 9.65 Å². The Labute approximate surface area is 180 Å². The second-order valence-corrected chi connectivity index (χ2v) is 8.19. The quantitative estimate of drug-likeness (QED) is 0.386. The number of aromatic nitrogens is 2. The maximum Gasteiger partial charge on any atom is 0.216 e. The van der Waals surface area contributed by atoms with Crippen molar-refractivity contribution in [3.63, 3.8) is 0 Å². The van der Waals surface area contributed by atoms with Gasteiger partial charge in [-0.15, -0.1) is 0 Å². The third-order valence-electron chi connectivity index (χ3n) is 6.29. The Balaban J connectivity index is 1.83. The summed E-state index contributed by atoms with van der Waals surface area (Å²) in [5.74, 6) is 0.0238. The summed E-state index contributed by atoms with van der Waals surface area (Å²) in [5, 5.41) is 16.3. The smallest absolute Gasteiger partial charge is 0.216 e. The van der Waals surface area contributed by atoms with Crippen LogP contribution < -0.4 is 0 Å². The van der Waals surface area contributed by atoms with Gasteiger partial charge in [0.05, 0.1) is 22.5 Å². The van der Waals surface area contributed by atoms with Crippen LogP contribution in [0.2, 0.25) is 0 Å². The minimum Gasteiger partial charge on any atom is -0.252 e. The van der Waals surface area contributed by atoms with Gasteiger partial charge in [0.25, 0.3) is 0 Å². The van der Waals surface area contributed by atoms with Crippen molar-refractivity contribution in [3.8, 4) is 6.07 Å². The lowest BCUT2D eigenvalue weighted by Gasteiger charge is -2.32. The Morgan fingerprint density at radius 1 is 1.03 bits per heavy atom. The van der Waals surface area contributed by atoms with E-state index in [1.807, 2.05) is 48.5 Å². The molecule has 1 N–H and O–H groups in total. The van der Waals surface area contributed by atoms with Crippen LogP contribution in [-0.4, -0.2) is 10.2 Å². The van der Waals surface area contributed by atoms with Gasteiger partial charge >= 0.3 is 0 Å². The first kappa shape index (κ1) is 19.3. The van der Waals surface area contributed by atoms with Crippen molar-refractivity contribution in [1.29, 1.82) is 5.26 Å². The molecule has 0 amide bonds. The number of aryl methyl sites for hydroxylation is 1. The van der Waals surface area contributed by atoms with E-state index in [0.717, 1.165) is 40.7 Å². The topological polar surface area (TPSA) is 52.5 Å². The van der Waals surface area contributed by atoms with E-state index in [1.165, 1.54) is 12.0 Å². The van der Waals surface area contributed by atoms with Crippen LogP contribution in [0.15, 0.2) is 66.7 Å². The van der Waals surface area contributed by atoms with Crippen LogP contribution in [0.5, 0.6) is 0 Å². The molecule has 1 aliphatic carbocycles. The van der Waals surface area contributed by atoms with Crippen LogP contribution in [0.3, 0.4) is 0 Å². The van der Waals surface area contributed by atoms with Gasteiger partial charge in [0.15, 0.2) is 0 Å². The molecule has 0 bridgehead atoms. The highest BCUT2D eigenvalue weighted by molar-refractivity contribution is 6.01. The molecule has 0 aliphatic heterocycles. The molecule has 1 fully saturated rings. The fourth-order valence-corrected chi connectivity index (χ4v) is 4.51. The molecule has 0 saturated heterocycles. The fourth-order valence-electron chi connectivity index (χ4n) is 4.51. The minimum absolute atomic E-state index is 0.413. The summed E-state index contributed by atoms with van der Waals surface area (Å²) in [6.07, 6.45) is 3.47. The van der Waals surface area contributed by atoms with Gasteiger partial charge in [-0.3, -0.25) is 5.10 Å². The van der Waals surface area contributed by atoms with Crippen molar-refractivity contribution in [1.82, 2.24) is 10.2 Å². The van der Waals surface area contributed by atoms with Crippen LogP contribution in [0.25, 0.3) is 22.0 Å². The number of benzene rings is 3.